The molecular weight excluding hydrogens is 421 g/mol. The average Bonchev–Trinajstić information content (AvgIpc) is 2.85. The van der Waals surface area contributed by atoms with Crippen LogP contribution in [0.4, 0.5) is 10.5 Å². The standard InChI is InChI=1S/C24H34BN3O5/c1-7-11-28(12-8-2)21(29)17-13-16-9-10-18(25-32-23(3,4)24(5,6)33-25)15-19(16)26-20(14-17)27-22(30)31/h9-10,13,15H,7-8,11-12,14H2,1-6H3,(H,26,27)(H,30,31). The van der Waals surface area contributed by atoms with Gasteiger partial charge in [-0.25, -0.2) is 9.79 Å². The second-order valence-electron chi connectivity index (χ2n) is 9.53. The smallest absolute Gasteiger partial charge is 0.465 e. The van der Waals surface area contributed by atoms with Crippen molar-refractivity contribution in [3.63, 3.8) is 0 Å². The van der Waals surface area contributed by atoms with Crippen LogP contribution in [0.15, 0.2) is 28.8 Å². The van der Waals surface area contributed by atoms with Gasteiger partial charge in [0.2, 0.25) is 5.91 Å². The van der Waals surface area contributed by atoms with Gasteiger partial charge in [-0.2, -0.15) is 0 Å². The lowest BCUT2D eigenvalue weighted by atomic mass is 9.78. The molecule has 178 valence electrons. The number of nitrogens with one attached hydrogen (secondary N) is 1. The predicted octanol–water partition coefficient (Wildman–Crippen LogP) is 3.72. The molecule has 0 atom stereocenters. The normalized spacial score (nSPS) is 18.7. The predicted molar refractivity (Wildman–Crippen MR) is 130 cm³/mol. The number of hydrogen-bond donors (Lipinski definition) is 2. The van der Waals surface area contributed by atoms with Crippen molar-refractivity contribution < 1.29 is 24.0 Å². The minimum Gasteiger partial charge on any atom is -0.465 e. The quantitative estimate of drug-likeness (QED) is 0.637. The van der Waals surface area contributed by atoms with Gasteiger partial charge in [0.1, 0.15) is 5.84 Å². The minimum atomic E-state index is -1.22. The number of rotatable bonds is 6. The van der Waals surface area contributed by atoms with Crippen LogP contribution in [0.5, 0.6) is 0 Å². The highest BCUT2D eigenvalue weighted by Crippen LogP contribution is 2.37. The molecule has 0 radical (unpaired) electrons. The zero-order valence-electron chi connectivity index (χ0n) is 20.4. The van der Waals surface area contributed by atoms with Gasteiger partial charge in [0, 0.05) is 30.6 Å². The number of carboxylic acid groups (broad SMARTS) is 1. The molecule has 8 nitrogen and oxygen atoms in total. The van der Waals surface area contributed by atoms with E-state index >= 15 is 0 Å². The molecule has 2 aliphatic heterocycles. The van der Waals surface area contributed by atoms with Gasteiger partial charge in [-0.05, 0) is 58.1 Å². The topological polar surface area (TPSA) is 100 Å². The third-order valence-corrected chi connectivity index (χ3v) is 6.32. The first kappa shape index (κ1) is 25.0. The van der Waals surface area contributed by atoms with Gasteiger partial charge in [0.05, 0.1) is 16.9 Å². The highest BCUT2D eigenvalue weighted by molar-refractivity contribution is 6.62. The summed E-state index contributed by atoms with van der Waals surface area (Å²) in [6.07, 6.45) is 2.40. The van der Waals surface area contributed by atoms with Gasteiger partial charge in [-0.1, -0.05) is 26.0 Å². The number of aliphatic imine (C=N–C) groups is 1. The number of fused-ring (bicyclic) bond motifs is 1. The molecule has 2 heterocycles. The molecule has 2 aliphatic rings. The molecule has 1 fully saturated rings. The van der Waals surface area contributed by atoms with Gasteiger partial charge in [-0.15, -0.1) is 0 Å². The molecule has 0 saturated carbocycles. The van der Waals surface area contributed by atoms with Crippen molar-refractivity contribution in [2.24, 2.45) is 4.99 Å². The van der Waals surface area contributed by atoms with E-state index in [1.165, 1.54) is 0 Å². The second kappa shape index (κ2) is 9.69. The Kier molecular flexibility index (Phi) is 7.34. The molecule has 33 heavy (non-hydrogen) atoms. The van der Waals surface area contributed by atoms with E-state index in [0.717, 1.165) is 23.9 Å². The Balaban J connectivity index is 2.00. The fraction of sp³-hybridized carbons (Fsp3) is 0.542. The summed E-state index contributed by atoms with van der Waals surface area (Å²) >= 11 is 0. The number of carbonyl (C=O) groups is 2. The van der Waals surface area contributed by atoms with Crippen molar-refractivity contribution >= 4 is 42.2 Å². The summed E-state index contributed by atoms with van der Waals surface area (Å²) in [5.41, 5.74) is 1.63. The van der Waals surface area contributed by atoms with Gasteiger partial charge < -0.3 is 19.3 Å². The number of hydrogen-bond acceptors (Lipinski definition) is 5. The summed E-state index contributed by atoms with van der Waals surface area (Å²) in [6.45, 7) is 13.3. The Morgan fingerprint density at radius 2 is 1.73 bits per heavy atom. The summed E-state index contributed by atoms with van der Waals surface area (Å²) in [5, 5.41) is 11.7. The van der Waals surface area contributed by atoms with E-state index in [1.807, 2.05) is 70.7 Å². The van der Waals surface area contributed by atoms with Crippen LogP contribution >= 0.6 is 0 Å². The fourth-order valence-corrected chi connectivity index (χ4v) is 3.90. The first-order chi connectivity index (χ1) is 15.5. The number of amidine groups is 1. The Labute approximate surface area is 196 Å². The summed E-state index contributed by atoms with van der Waals surface area (Å²) in [7, 11) is -0.565. The zero-order valence-corrected chi connectivity index (χ0v) is 20.4. The first-order valence-electron chi connectivity index (χ1n) is 11.5. The third kappa shape index (κ3) is 5.47. The minimum absolute atomic E-state index is 0.0959. The first-order valence-corrected chi connectivity index (χ1v) is 11.5. The maximum atomic E-state index is 13.3. The SMILES string of the molecule is CCCN(CCC)C(=O)C1=Cc2ccc(B3OC(C)(C)C(C)(C)O3)cc2N=C(NC(=O)O)C1. The molecule has 0 aromatic heterocycles. The van der Waals surface area contributed by atoms with Crippen LogP contribution in [-0.2, 0) is 14.1 Å². The molecule has 0 aliphatic carbocycles. The van der Waals surface area contributed by atoms with E-state index in [1.54, 1.807) is 0 Å². The van der Waals surface area contributed by atoms with Crippen LogP contribution in [0.1, 0.15) is 66.4 Å². The average molecular weight is 455 g/mol. The van der Waals surface area contributed by atoms with Crippen molar-refractivity contribution in [3.05, 3.63) is 29.3 Å². The largest absolute Gasteiger partial charge is 0.494 e. The van der Waals surface area contributed by atoms with Crippen LogP contribution in [0.25, 0.3) is 6.08 Å². The molecule has 1 aromatic carbocycles. The van der Waals surface area contributed by atoms with Gasteiger partial charge in [0.25, 0.3) is 0 Å². The van der Waals surface area contributed by atoms with Crippen LogP contribution in [0, 0.1) is 0 Å². The lowest BCUT2D eigenvalue weighted by Gasteiger charge is -2.32. The van der Waals surface area contributed by atoms with E-state index in [-0.39, 0.29) is 18.2 Å². The van der Waals surface area contributed by atoms with Crippen molar-refractivity contribution in [2.75, 3.05) is 13.1 Å². The maximum Gasteiger partial charge on any atom is 0.494 e. The molecule has 0 unspecified atom stereocenters. The van der Waals surface area contributed by atoms with Crippen LogP contribution in [-0.4, -0.2) is 59.3 Å². The van der Waals surface area contributed by atoms with Gasteiger partial charge in [-0.3, -0.25) is 10.1 Å². The van der Waals surface area contributed by atoms with E-state index in [2.05, 4.69) is 10.3 Å². The summed E-state index contributed by atoms with van der Waals surface area (Å²) in [4.78, 5) is 31.0. The second-order valence-corrected chi connectivity index (χ2v) is 9.53. The number of nitrogens with zero attached hydrogens (tertiary/aromatic N) is 2. The Morgan fingerprint density at radius 1 is 1.12 bits per heavy atom. The van der Waals surface area contributed by atoms with Crippen molar-refractivity contribution in [1.29, 1.82) is 0 Å². The monoisotopic (exact) mass is 455 g/mol. The lowest BCUT2D eigenvalue weighted by molar-refractivity contribution is -0.127. The molecular formula is C24H34BN3O5. The summed E-state index contributed by atoms with van der Waals surface area (Å²) in [6, 6.07) is 5.61. The van der Waals surface area contributed by atoms with Crippen LogP contribution in [0.2, 0.25) is 0 Å². The molecule has 3 rings (SSSR count). The molecule has 2 amide bonds. The van der Waals surface area contributed by atoms with E-state index in [9.17, 15) is 14.7 Å². The number of benzene rings is 1. The third-order valence-electron chi connectivity index (χ3n) is 6.32. The molecule has 1 aromatic rings. The van der Waals surface area contributed by atoms with Gasteiger partial charge >= 0.3 is 13.2 Å². The van der Waals surface area contributed by atoms with Crippen molar-refractivity contribution in [2.45, 2.75) is 72.0 Å². The fourth-order valence-electron chi connectivity index (χ4n) is 3.90. The van der Waals surface area contributed by atoms with Crippen molar-refractivity contribution in [1.82, 2.24) is 10.2 Å². The van der Waals surface area contributed by atoms with Gasteiger partial charge in [0.15, 0.2) is 0 Å². The van der Waals surface area contributed by atoms with Crippen LogP contribution < -0.4 is 10.8 Å². The molecule has 0 spiro atoms. The lowest BCUT2D eigenvalue weighted by Crippen LogP contribution is -2.41. The molecule has 2 N–H and O–H groups in total. The maximum absolute atomic E-state index is 13.3. The summed E-state index contributed by atoms with van der Waals surface area (Å²) in [5.74, 6) is 0.112. The van der Waals surface area contributed by atoms with E-state index in [0.29, 0.717) is 24.4 Å². The Bertz CT molecular complexity index is 964. The highest BCUT2D eigenvalue weighted by Gasteiger charge is 2.51. The molecule has 1 saturated heterocycles. The van der Waals surface area contributed by atoms with Crippen molar-refractivity contribution in [3.8, 4) is 0 Å². The number of carbonyl (C=O) groups excluding carboxylic acids is 1. The summed E-state index contributed by atoms with van der Waals surface area (Å²) < 4.78 is 12.3. The van der Waals surface area contributed by atoms with Crippen LogP contribution in [0.3, 0.4) is 0 Å². The molecule has 9 heteroatoms. The Hall–Kier alpha value is -2.65. The highest BCUT2D eigenvalue weighted by atomic mass is 16.7. The molecule has 0 bridgehead atoms. The van der Waals surface area contributed by atoms with E-state index in [4.69, 9.17) is 9.31 Å². The number of amides is 2. The Morgan fingerprint density at radius 3 is 2.27 bits per heavy atom. The van der Waals surface area contributed by atoms with E-state index < -0.39 is 24.4 Å². The zero-order chi connectivity index (χ0) is 24.4.